The molecule has 22 heavy (non-hydrogen) atoms. The second-order valence-corrected chi connectivity index (χ2v) is 4.93. The van der Waals surface area contributed by atoms with Crippen LogP contribution in [0.15, 0.2) is 42.6 Å². The Labute approximate surface area is 133 Å². The van der Waals surface area contributed by atoms with Crippen LogP contribution < -0.4 is 5.32 Å². The van der Waals surface area contributed by atoms with Crippen molar-refractivity contribution >= 4 is 29.2 Å². The van der Waals surface area contributed by atoms with Crippen LogP contribution in [0.4, 0.5) is 5.69 Å². The molecule has 2 aromatic rings. The van der Waals surface area contributed by atoms with Crippen molar-refractivity contribution in [2.24, 2.45) is 0 Å². The standard InChI is InChI=1S/C16H15ClN2O3/c1-2-11-4-3-5-13(8-11)19-15(20)10-22-16(21)12-6-7-18-14(17)9-12/h3-9H,2,10H2,1H3,(H,19,20). The number of ether oxygens (including phenoxy) is 1. The fourth-order valence-electron chi connectivity index (χ4n) is 1.81. The molecule has 0 atom stereocenters. The number of hydrogen-bond acceptors (Lipinski definition) is 4. The number of aromatic nitrogens is 1. The van der Waals surface area contributed by atoms with Gasteiger partial charge in [-0.2, -0.15) is 0 Å². The molecule has 0 fully saturated rings. The average molecular weight is 319 g/mol. The van der Waals surface area contributed by atoms with Crippen molar-refractivity contribution in [3.05, 3.63) is 58.9 Å². The van der Waals surface area contributed by atoms with Gasteiger partial charge in [0.05, 0.1) is 5.56 Å². The van der Waals surface area contributed by atoms with Gasteiger partial charge in [0.1, 0.15) is 5.15 Å². The van der Waals surface area contributed by atoms with Crippen molar-refractivity contribution in [3.63, 3.8) is 0 Å². The van der Waals surface area contributed by atoms with Crippen LogP contribution in [0.1, 0.15) is 22.8 Å². The maximum absolute atomic E-state index is 11.8. The van der Waals surface area contributed by atoms with Crippen molar-refractivity contribution in [1.29, 1.82) is 0 Å². The normalized spacial score (nSPS) is 10.1. The van der Waals surface area contributed by atoms with Gasteiger partial charge in [-0.3, -0.25) is 4.79 Å². The molecule has 5 nitrogen and oxygen atoms in total. The van der Waals surface area contributed by atoms with Gasteiger partial charge in [0.15, 0.2) is 6.61 Å². The smallest absolute Gasteiger partial charge is 0.338 e. The summed E-state index contributed by atoms with van der Waals surface area (Å²) in [5.74, 6) is -1.02. The van der Waals surface area contributed by atoms with E-state index >= 15 is 0 Å². The minimum atomic E-state index is -0.623. The first-order valence-electron chi connectivity index (χ1n) is 6.76. The van der Waals surface area contributed by atoms with Crippen molar-refractivity contribution in [3.8, 4) is 0 Å². The molecule has 1 amide bonds. The summed E-state index contributed by atoms with van der Waals surface area (Å²) >= 11 is 5.69. The topological polar surface area (TPSA) is 68.3 Å². The third-order valence-corrected chi connectivity index (χ3v) is 3.12. The van der Waals surface area contributed by atoms with Gasteiger partial charge < -0.3 is 10.1 Å². The third-order valence-electron chi connectivity index (χ3n) is 2.92. The fourth-order valence-corrected chi connectivity index (χ4v) is 1.98. The van der Waals surface area contributed by atoms with E-state index < -0.39 is 11.9 Å². The Balaban J connectivity index is 1.88. The van der Waals surface area contributed by atoms with E-state index in [1.165, 1.54) is 18.3 Å². The number of aryl methyl sites for hydroxylation is 1. The summed E-state index contributed by atoms with van der Waals surface area (Å²) in [6.07, 6.45) is 2.27. The number of halogens is 1. The van der Waals surface area contributed by atoms with Gasteiger partial charge in [0.25, 0.3) is 5.91 Å². The quantitative estimate of drug-likeness (QED) is 0.679. The van der Waals surface area contributed by atoms with E-state index in [9.17, 15) is 9.59 Å². The summed E-state index contributed by atoms with van der Waals surface area (Å²) in [7, 11) is 0. The summed E-state index contributed by atoms with van der Waals surface area (Å²) in [6, 6.07) is 10.3. The molecule has 1 aromatic heterocycles. The second-order valence-electron chi connectivity index (χ2n) is 4.55. The highest BCUT2D eigenvalue weighted by Gasteiger charge is 2.11. The molecule has 0 spiro atoms. The molecule has 0 bridgehead atoms. The Bertz CT molecular complexity index is 689. The minimum absolute atomic E-state index is 0.190. The lowest BCUT2D eigenvalue weighted by Crippen LogP contribution is -2.21. The van der Waals surface area contributed by atoms with E-state index in [0.29, 0.717) is 5.69 Å². The van der Waals surface area contributed by atoms with Crippen LogP contribution in [0.2, 0.25) is 5.15 Å². The molecule has 0 saturated heterocycles. The second kappa shape index (κ2) is 7.56. The van der Waals surface area contributed by atoms with Crippen LogP contribution in [0.5, 0.6) is 0 Å². The van der Waals surface area contributed by atoms with Gasteiger partial charge in [-0.05, 0) is 36.2 Å². The number of rotatable bonds is 5. The molecular formula is C16H15ClN2O3. The number of anilines is 1. The number of hydrogen-bond donors (Lipinski definition) is 1. The first-order chi connectivity index (χ1) is 10.6. The average Bonchev–Trinajstić information content (AvgIpc) is 2.52. The third kappa shape index (κ3) is 4.56. The van der Waals surface area contributed by atoms with Crippen LogP contribution in [0.3, 0.4) is 0 Å². The number of carbonyl (C=O) groups is 2. The zero-order valence-corrected chi connectivity index (χ0v) is 12.8. The van der Waals surface area contributed by atoms with Crippen LogP contribution in [-0.4, -0.2) is 23.5 Å². The zero-order chi connectivity index (χ0) is 15.9. The van der Waals surface area contributed by atoms with Crippen LogP contribution in [0, 0.1) is 0 Å². The molecular weight excluding hydrogens is 304 g/mol. The number of nitrogens with zero attached hydrogens (tertiary/aromatic N) is 1. The van der Waals surface area contributed by atoms with Crippen molar-refractivity contribution in [1.82, 2.24) is 4.98 Å². The van der Waals surface area contributed by atoms with E-state index in [1.807, 2.05) is 25.1 Å². The number of pyridine rings is 1. The monoisotopic (exact) mass is 318 g/mol. The van der Waals surface area contributed by atoms with E-state index in [-0.39, 0.29) is 17.3 Å². The Morgan fingerprint density at radius 1 is 1.27 bits per heavy atom. The molecule has 2 rings (SSSR count). The summed E-state index contributed by atoms with van der Waals surface area (Å²) in [4.78, 5) is 27.3. The van der Waals surface area contributed by atoms with E-state index in [4.69, 9.17) is 16.3 Å². The van der Waals surface area contributed by atoms with Crippen molar-refractivity contribution in [2.75, 3.05) is 11.9 Å². The molecule has 6 heteroatoms. The molecule has 0 saturated carbocycles. The highest BCUT2D eigenvalue weighted by Crippen LogP contribution is 2.11. The van der Waals surface area contributed by atoms with Gasteiger partial charge >= 0.3 is 5.97 Å². The predicted molar refractivity (Wildman–Crippen MR) is 84.0 cm³/mol. The molecule has 114 valence electrons. The number of esters is 1. The Kier molecular flexibility index (Phi) is 5.49. The molecule has 0 radical (unpaired) electrons. The molecule has 1 N–H and O–H groups in total. The largest absolute Gasteiger partial charge is 0.452 e. The van der Waals surface area contributed by atoms with E-state index in [2.05, 4.69) is 10.3 Å². The van der Waals surface area contributed by atoms with Gasteiger partial charge in [0.2, 0.25) is 0 Å². The van der Waals surface area contributed by atoms with Crippen LogP contribution >= 0.6 is 11.6 Å². The van der Waals surface area contributed by atoms with Crippen molar-refractivity contribution in [2.45, 2.75) is 13.3 Å². The lowest BCUT2D eigenvalue weighted by atomic mass is 10.1. The van der Waals surface area contributed by atoms with E-state index in [1.54, 1.807) is 6.07 Å². The van der Waals surface area contributed by atoms with Crippen LogP contribution in [0.25, 0.3) is 0 Å². The Morgan fingerprint density at radius 3 is 2.82 bits per heavy atom. The SMILES string of the molecule is CCc1cccc(NC(=O)COC(=O)c2ccnc(Cl)c2)c1. The lowest BCUT2D eigenvalue weighted by Gasteiger charge is -2.07. The maximum atomic E-state index is 11.8. The van der Waals surface area contributed by atoms with Gasteiger partial charge in [-0.15, -0.1) is 0 Å². The molecule has 1 heterocycles. The zero-order valence-electron chi connectivity index (χ0n) is 12.0. The number of carbonyl (C=O) groups excluding carboxylic acids is 2. The first-order valence-corrected chi connectivity index (χ1v) is 7.13. The van der Waals surface area contributed by atoms with Crippen LogP contribution in [-0.2, 0) is 16.0 Å². The maximum Gasteiger partial charge on any atom is 0.338 e. The minimum Gasteiger partial charge on any atom is -0.452 e. The van der Waals surface area contributed by atoms with Gasteiger partial charge in [0, 0.05) is 11.9 Å². The summed E-state index contributed by atoms with van der Waals surface area (Å²) in [5, 5.41) is 2.87. The predicted octanol–water partition coefficient (Wildman–Crippen LogP) is 3.09. The van der Waals surface area contributed by atoms with Crippen molar-refractivity contribution < 1.29 is 14.3 Å². The molecule has 0 aliphatic heterocycles. The summed E-state index contributed by atoms with van der Waals surface area (Å²) in [5.41, 5.74) is 2.04. The fraction of sp³-hybridized carbons (Fsp3) is 0.188. The molecule has 0 unspecified atom stereocenters. The molecule has 1 aromatic carbocycles. The van der Waals surface area contributed by atoms with Gasteiger partial charge in [-0.25, -0.2) is 9.78 Å². The number of benzene rings is 1. The Hall–Kier alpha value is -2.40. The summed E-state index contributed by atoms with van der Waals surface area (Å²) in [6.45, 7) is 1.66. The summed E-state index contributed by atoms with van der Waals surface area (Å²) < 4.78 is 4.94. The highest BCUT2D eigenvalue weighted by molar-refractivity contribution is 6.29. The molecule has 0 aliphatic carbocycles. The highest BCUT2D eigenvalue weighted by atomic mass is 35.5. The Morgan fingerprint density at radius 2 is 2.09 bits per heavy atom. The number of amides is 1. The van der Waals surface area contributed by atoms with Gasteiger partial charge in [-0.1, -0.05) is 30.7 Å². The number of nitrogens with one attached hydrogen (secondary N) is 1. The van der Waals surface area contributed by atoms with E-state index in [0.717, 1.165) is 12.0 Å². The molecule has 0 aliphatic rings. The first kappa shape index (κ1) is 16.0. The lowest BCUT2D eigenvalue weighted by molar-refractivity contribution is -0.119.